The maximum absolute atomic E-state index is 13.2. The lowest BCUT2D eigenvalue weighted by Gasteiger charge is -2.21. The van der Waals surface area contributed by atoms with E-state index in [1.165, 1.54) is 283 Å². The van der Waals surface area contributed by atoms with Crippen LogP contribution in [0.1, 0.15) is 465 Å². The average Bonchev–Trinajstić information content (AvgIpc) is 0.900. The normalized spacial score (nSPS) is 13.8. The van der Waals surface area contributed by atoms with Gasteiger partial charge >= 0.3 is 39.5 Å². The van der Waals surface area contributed by atoms with Crippen LogP contribution in [0, 0.1) is 11.8 Å². The van der Waals surface area contributed by atoms with Crippen LogP contribution < -0.4 is 0 Å². The molecule has 0 rings (SSSR count). The van der Waals surface area contributed by atoms with Crippen molar-refractivity contribution in [2.75, 3.05) is 39.6 Å². The summed E-state index contributed by atoms with van der Waals surface area (Å²) in [5.41, 5.74) is 0. The van der Waals surface area contributed by atoms with Gasteiger partial charge in [-0.25, -0.2) is 9.13 Å². The number of rotatable bonds is 86. The minimum absolute atomic E-state index is 0.109. The number of aliphatic hydroxyl groups is 1. The van der Waals surface area contributed by atoms with Crippen molar-refractivity contribution < 1.29 is 80.2 Å². The molecule has 0 heterocycles. The number of ether oxygens (including phenoxy) is 4. The van der Waals surface area contributed by atoms with Crippen LogP contribution in [0.2, 0.25) is 0 Å². The fraction of sp³-hybridized carbons (Fsp3) is 0.954. The number of phosphoric ester groups is 2. The van der Waals surface area contributed by atoms with Gasteiger partial charge in [-0.3, -0.25) is 37.3 Å². The SMILES string of the molecule is CCCCCCCCCCCCCCCCCCC(=O)O[C@H](COC(=O)CCCCCCCCCCCC)COP(=O)(O)OC[C@H](O)COP(=O)(O)OC[C@@H](COC(=O)CCCCCCCCCCCCCCCCCCC(C)C)OC(=O)CCCCCCCCCCCCCCCCCCCCC(C)C. The Morgan fingerprint density at radius 2 is 0.434 bits per heavy atom. The highest BCUT2D eigenvalue weighted by atomic mass is 31.2. The summed E-state index contributed by atoms with van der Waals surface area (Å²) >= 11 is 0. The predicted octanol–water partition coefficient (Wildman–Crippen LogP) is 26.6. The minimum Gasteiger partial charge on any atom is -0.462 e. The van der Waals surface area contributed by atoms with Crippen LogP contribution in [0.15, 0.2) is 0 Å². The largest absolute Gasteiger partial charge is 0.472 e. The molecule has 3 N–H and O–H groups in total. The number of aliphatic hydroxyl groups excluding tert-OH is 1. The summed E-state index contributed by atoms with van der Waals surface area (Å²) in [5.74, 6) is -0.467. The van der Waals surface area contributed by atoms with Crippen molar-refractivity contribution >= 4 is 39.5 Å². The molecule has 0 aromatic carbocycles. The van der Waals surface area contributed by atoms with E-state index in [0.717, 1.165) is 102 Å². The molecule has 0 aromatic rings. The summed E-state index contributed by atoms with van der Waals surface area (Å²) in [6.07, 6.45) is 70.8. The molecule has 5 atom stereocenters. The molecule has 0 radical (unpaired) electrons. The molecular formula is C87H170O17P2. The zero-order valence-electron chi connectivity index (χ0n) is 69.7. The molecule has 630 valence electrons. The Bertz CT molecular complexity index is 2030. The Kier molecular flexibility index (Phi) is 76.9. The topological polar surface area (TPSA) is 237 Å². The summed E-state index contributed by atoms with van der Waals surface area (Å²) in [5, 5.41) is 10.7. The minimum atomic E-state index is -4.97. The Morgan fingerprint density at radius 3 is 0.642 bits per heavy atom. The number of unbranched alkanes of at least 4 members (excludes halogenated alkanes) is 56. The van der Waals surface area contributed by atoms with Crippen molar-refractivity contribution in [1.29, 1.82) is 0 Å². The molecule has 0 saturated heterocycles. The van der Waals surface area contributed by atoms with Gasteiger partial charge in [-0.2, -0.15) is 0 Å². The summed E-state index contributed by atoms with van der Waals surface area (Å²) < 4.78 is 68.9. The smallest absolute Gasteiger partial charge is 0.462 e. The maximum Gasteiger partial charge on any atom is 0.472 e. The molecule has 19 heteroatoms. The zero-order chi connectivity index (χ0) is 77.8. The van der Waals surface area contributed by atoms with Gasteiger partial charge in [0.25, 0.3) is 0 Å². The van der Waals surface area contributed by atoms with E-state index in [4.69, 9.17) is 37.0 Å². The number of phosphoric acid groups is 2. The summed E-state index contributed by atoms with van der Waals surface area (Å²) in [6, 6.07) is 0. The lowest BCUT2D eigenvalue weighted by Crippen LogP contribution is -2.30. The monoisotopic (exact) mass is 1550 g/mol. The van der Waals surface area contributed by atoms with Gasteiger partial charge in [0.05, 0.1) is 26.4 Å². The van der Waals surface area contributed by atoms with Crippen LogP contribution in [-0.4, -0.2) is 96.7 Å². The van der Waals surface area contributed by atoms with E-state index in [1.807, 2.05) is 0 Å². The van der Waals surface area contributed by atoms with Crippen molar-refractivity contribution in [2.45, 2.75) is 484 Å². The van der Waals surface area contributed by atoms with Gasteiger partial charge in [0.15, 0.2) is 12.2 Å². The van der Waals surface area contributed by atoms with Gasteiger partial charge in [0, 0.05) is 25.7 Å². The number of carbonyl (C=O) groups excluding carboxylic acids is 4. The predicted molar refractivity (Wildman–Crippen MR) is 437 cm³/mol. The molecule has 0 bridgehead atoms. The first-order valence-electron chi connectivity index (χ1n) is 45.0. The van der Waals surface area contributed by atoms with Crippen molar-refractivity contribution in [1.82, 2.24) is 0 Å². The van der Waals surface area contributed by atoms with Crippen molar-refractivity contribution in [2.24, 2.45) is 11.8 Å². The van der Waals surface area contributed by atoms with Crippen LogP contribution in [-0.2, 0) is 65.4 Å². The van der Waals surface area contributed by atoms with E-state index in [-0.39, 0.29) is 25.7 Å². The second-order valence-electron chi connectivity index (χ2n) is 32.2. The summed E-state index contributed by atoms with van der Waals surface area (Å²) in [6.45, 7) is 9.74. The van der Waals surface area contributed by atoms with Gasteiger partial charge in [0.1, 0.15) is 19.3 Å². The first kappa shape index (κ1) is 104. The first-order valence-corrected chi connectivity index (χ1v) is 48.0. The lowest BCUT2D eigenvalue weighted by atomic mass is 10.0. The van der Waals surface area contributed by atoms with E-state index in [0.29, 0.717) is 25.7 Å². The molecule has 0 saturated carbocycles. The van der Waals surface area contributed by atoms with Crippen LogP contribution >= 0.6 is 15.6 Å². The molecule has 0 aliphatic rings. The first-order chi connectivity index (χ1) is 51.4. The lowest BCUT2D eigenvalue weighted by molar-refractivity contribution is -0.161. The Labute approximate surface area is 651 Å². The summed E-state index contributed by atoms with van der Waals surface area (Å²) in [7, 11) is -9.93. The number of carbonyl (C=O) groups is 4. The van der Waals surface area contributed by atoms with E-state index < -0.39 is 97.5 Å². The Morgan fingerprint density at radius 1 is 0.255 bits per heavy atom. The molecule has 0 aromatic heterocycles. The second-order valence-corrected chi connectivity index (χ2v) is 35.1. The third-order valence-electron chi connectivity index (χ3n) is 20.5. The van der Waals surface area contributed by atoms with Gasteiger partial charge in [-0.1, -0.05) is 414 Å². The van der Waals surface area contributed by atoms with Crippen molar-refractivity contribution in [3.8, 4) is 0 Å². The van der Waals surface area contributed by atoms with E-state index in [9.17, 15) is 43.2 Å². The maximum atomic E-state index is 13.2. The van der Waals surface area contributed by atoms with Crippen molar-refractivity contribution in [3.63, 3.8) is 0 Å². The van der Waals surface area contributed by atoms with Crippen molar-refractivity contribution in [3.05, 3.63) is 0 Å². The van der Waals surface area contributed by atoms with Gasteiger partial charge in [-0.15, -0.1) is 0 Å². The number of hydrogen-bond acceptors (Lipinski definition) is 15. The molecule has 2 unspecified atom stereocenters. The van der Waals surface area contributed by atoms with E-state index in [1.54, 1.807) is 0 Å². The third kappa shape index (κ3) is 80.1. The highest BCUT2D eigenvalue weighted by Crippen LogP contribution is 2.45. The fourth-order valence-corrected chi connectivity index (χ4v) is 15.2. The highest BCUT2D eigenvalue weighted by Gasteiger charge is 2.30. The molecule has 0 aliphatic carbocycles. The van der Waals surface area contributed by atoms with Gasteiger partial charge in [-0.05, 0) is 37.5 Å². The average molecular weight is 1550 g/mol. The molecule has 0 fully saturated rings. The molecule has 0 amide bonds. The fourth-order valence-electron chi connectivity index (χ4n) is 13.6. The zero-order valence-corrected chi connectivity index (χ0v) is 71.5. The van der Waals surface area contributed by atoms with Crippen LogP contribution in [0.5, 0.6) is 0 Å². The summed E-state index contributed by atoms with van der Waals surface area (Å²) in [4.78, 5) is 73.2. The van der Waals surface area contributed by atoms with Gasteiger partial charge in [0.2, 0.25) is 0 Å². The Hall–Kier alpha value is -1.94. The standard InChI is InChI=1S/C87H170O17P2/c1-7-9-11-13-15-17-19-20-21-30-36-41-47-53-59-65-71-86(91)103-82(75-97-84(89)69-63-57-51-45-18-16-14-12-10-8-2)77-101-105(93,94)99-73-81(88)74-100-106(95,96)102-78-83(76-98-85(90)70-64-58-52-46-40-35-31-27-26-29-34-39-44-50-56-62-68-80(5)6)104-87(92)72-66-60-54-48-42-37-32-25-23-22-24-28-33-38-43-49-55-61-67-79(3)4/h79-83,88H,7-78H2,1-6H3,(H,93,94)(H,95,96)/t81-,82+,83+/m0/s1. The third-order valence-corrected chi connectivity index (χ3v) is 22.4. The van der Waals surface area contributed by atoms with E-state index >= 15 is 0 Å². The quantitative estimate of drug-likeness (QED) is 0.0222. The molecular weight excluding hydrogens is 1380 g/mol. The Balaban J connectivity index is 5.22. The molecule has 17 nitrogen and oxygen atoms in total. The van der Waals surface area contributed by atoms with Crippen LogP contribution in [0.3, 0.4) is 0 Å². The van der Waals surface area contributed by atoms with Crippen LogP contribution in [0.25, 0.3) is 0 Å². The number of esters is 4. The highest BCUT2D eigenvalue weighted by molar-refractivity contribution is 7.47. The molecule has 0 aliphatic heterocycles. The van der Waals surface area contributed by atoms with Gasteiger partial charge < -0.3 is 33.8 Å². The molecule has 106 heavy (non-hydrogen) atoms. The van der Waals surface area contributed by atoms with Crippen LogP contribution in [0.4, 0.5) is 0 Å². The van der Waals surface area contributed by atoms with E-state index in [2.05, 4.69) is 41.5 Å². The number of hydrogen-bond donors (Lipinski definition) is 3. The molecule has 0 spiro atoms. The second kappa shape index (κ2) is 78.3.